The Kier molecular flexibility index (Phi) is 4.89. The monoisotopic (exact) mass is 427 g/mol. The Balaban J connectivity index is 2.34. The lowest BCUT2D eigenvalue weighted by atomic mass is 10.1. The van der Waals surface area contributed by atoms with Crippen LogP contribution < -0.4 is 5.32 Å². The first-order chi connectivity index (χ1) is 12.1. The minimum atomic E-state index is -4.59. The van der Waals surface area contributed by atoms with E-state index in [1.807, 2.05) is 0 Å². The molecular formula is C14H8Cl3F4N5. The lowest BCUT2D eigenvalue weighted by Crippen LogP contribution is -2.34. The zero-order valence-corrected chi connectivity index (χ0v) is 15.0. The molecule has 0 fully saturated rings. The number of aromatic nitrogens is 4. The van der Waals surface area contributed by atoms with Crippen molar-refractivity contribution in [2.24, 2.45) is 0 Å². The Bertz CT molecular complexity index is 969. The van der Waals surface area contributed by atoms with E-state index in [9.17, 15) is 17.6 Å². The number of halogens is 7. The van der Waals surface area contributed by atoms with Crippen LogP contribution in [0.15, 0.2) is 18.2 Å². The average molecular weight is 429 g/mol. The molecule has 2 heterocycles. The number of hydrogen-bond donors (Lipinski definition) is 1. The topological polar surface area (TPSA) is 55.1 Å². The smallest absolute Gasteiger partial charge is 0.358 e. The third kappa shape index (κ3) is 3.38. The molecule has 0 aliphatic carbocycles. The first-order valence-electron chi connectivity index (χ1n) is 6.99. The summed E-state index contributed by atoms with van der Waals surface area (Å²) in [4.78, 5) is 7.67. The molecule has 0 radical (unpaired) electrons. The highest BCUT2D eigenvalue weighted by molar-refractivity contribution is 6.36. The highest BCUT2D eigenvalue weighted by Crippen LogP contribution is 2.40. The molecule has 0 amide bonds. The fourth-order valence-electron chi connectivity index (χ4n) is 2.23. The first-order valence-corrected chi connectivity index (χ1v) is 8.12. The molecule has 3 aromatic rings. The van der Waals surface area contributed by atoms with Crippen molar-refractivity contribution < 1.29 is 17.6 Å². The number of anilines is 1. The van der Waals surface area contributed by atoms with Crippen molar-refractivity contribution in [3.05, 3.63) is 39.5 Å². The van der Waals surface area contributed by atoms with Crippen molar-refractivity contribution in [1.82, 2.24) is 19.6 Å². The van der Waals surface area contributed by atoms with Crippen LogP contribution in [0.5, 0.6) is 0 Å². The molecule has 3 rings (SSSR count). The predicted octanol–water partition coefficient (Wildman–Crippen LogP) is 5.25. The van der Waals surface area contributed by atoms with E-state index in [0.29, 0.717) is 0 Å². The number of alkyl halides is 3. The van der Waals surface area contributed by atoms with Crippen molar-refractivity contribution in [3.63, 3.8) is 0 Å². The van der Waals surface area contributed by atoms with Gasteiger partial charge in [-0.25, -0.2) is 4.39 Å². The number of nitrogens with one attached hydrogen (secondary N) is 1. The van der Waals surface area contributed by atoms with Crippen LogP contribution in [0.25, 0.3) is 16.9 Å². The van der Waals surface area contributed by atoms with E-state index in [1.165, 1.54) is 12.1 Å². The van der Waals surface area contributed by atoms with Crippen molar-refractivity contribution in [2.45, 2.75) is 19.1 Å². The Labute approximate surface area is 158 Å². The second kappa shape index (κ2) is 6.71. The van der Waals surface area contributed by atoms with E-state index in [4.69, 9.17) is 34.8 Å². The highest BCUT2D eigenvalue weighted by Gasteiger charge is 2.37. The quantitative estimate of drug-likeness (QED) is 0.457. The van der Waals surface area contributed by atoms with Crippen LogP contribution in [-0.2, 0) is 0 Å². The van der Waals surface area contributed by atoms with Crippen LogP contribution in [0.4, 0.5) is 23.4 Å². The van der Waals surface area contributed by atoms with Crippen LogP contribution in [0, 0.1) is 5.82 Å². The summed E-state index contributed by atoms with van der Waals surface area (Å²) in [5.74, 6) is -1.25. The van der Waals surface area contributed by atoms with Gasteiger partial charge in [0.15, 0.2) is 0 Å². The van der Waals surface area contributed by atoms with Crippen LogP contribution in [0.3, 0.4) is 0 Å². The Morgan fingerprint density at radius 1 is 1.12 bits per heavy atom. The lowest BCUT2D eigenvalue weighted by molar-refractivity contribution is -0.138. The number of benzene rings is 1. The largest absolute Gasteiger partial charge is 0.408 e. The number of nitrogens with zero attached hydrogens (tertiary/aromatic N) is 4. The third-order valence-corrected chi connectivity index (χ3v) is 4.22. The van der Waals surface area contributed by atoms with Gasteiger partial charge in [0.1, 0.15) is 22.8 Å². The molecule has 138 valence electrons. The Morgan fingerprint density at radius 3 is 2.42 bits per heavy atom. The zero-order chi connectivity index (χ0) is 19.2. The maximum absolute atomic E-state index is 14.4. The van der Waals surface area contributed by atoms with E-state index in [0.717, 1.165) is 17.5 Å². The molecule has 2 aromatic heterocycles. The van der Waals surface area contributed by atoms with E-state index in [-0.39, 0.29) is 38.2 Å². The molecule has 5 nitrogen and oxygen atoms in total. The molecule has 12 heteroatoms. The maximum Gasteiger partial charge on any atom is 0.408 e. The van der Waals surface area contributed by atoms with Crippen LogP contribution in [0.1, 0.15) is 6.92 Å². The van der Waals surface area contributed by atoms with Gasteiger partial charge in [-0.3, -0.25) is 0 Å². The van der Waals surface area contributed by atoms with Gasteiger partial charge in [-0.1, -0.05) is 29.3 Å². The van der Waals surface area contributed by atoms with Gasteiger partial charge in [0.25, 0.3) is 5.78 Å². The number of rotatable bonds is 3. The van der Waals surface area contributed by atoms with Crippen LogP contribution >= 0.6 is 34.8 Å². The molecule has 1 atom stereocenters. The fraction of sp³-hybridized carbons (Fsp3) is 0.214. The molecule has 0 unspecified atom stereocenters. The van der Waals surface area contributed by atoms with Gasteiger partial charge in [0.05, 0.1) is 10.6 Å². The zero-order valence-electron chi connectivity index (χ0n) is 12.7. The SMILES string of the molecule is C[C@H](Nc1c(-c2c(F)cccc2Cl)c(Cl)nc2nc(Cl)nn12)C(F)(F)F. The minimum absolute atomic E-state index is 0.0676. The van der Waals surface area contributed by atoms with E-state index >= 15 is 0 Å². The van der Waals surface area contributed by atoms with Gasteiger partial charge in [-0.05, 0) is 30.7 Å². The molecule has 0 saturated heterocycles. The van der Waals surface area contributed by atoms with Gasteiger partial charge in [0.2, 0.25) is 5.28 Å². The van der Waals surface area contributed by atoms with Crippen LogP contribution in [-0.4, -0.2) is 31.8 Å². The van der Waals surface area contributed by atoms with Crippen molar-refractivity contribution >= 4 is 46.4 Å². The molecule has 0 aliphatic rings. The van der Waals surface area contributed by atoms with Crippen molar-refractivity contribution in [2.75, 3.05) is 5.32 Å². The van der Waals surface area contributed by atoms with Crippen LogP contribution in [0.2, 0.25) is 15.5 Å². The standard InChI is InChI=1S/C14H8Cl3F4N5/c1-5(14(19,20)21)22-11-9(8-6(15)3-2-4-7(8)18)10(16)23-13-24-12(17)25-26(11)13/h2-5,22H,1H3/t5-/m0/s1. The maximum atomic E-state index is 14.4. The predicted molar refractivity (Wildman–Crippen MR) is 90.3 cm³/mol. The molecule has 0 saturated carbocycles. The Hall–Kier alpha value is -1.84. The van der Waals surface area contributed by atoms with E-state index < -0.39 is 18.0 Å². The summed E-state index contributed by atoms with van der Waals surface area (Å²) in [5, 5.41) is 5.36. The average Bonchev–Trinajstić information content (AvgIpc) is 2.88. The molecular weight excluding hydrogens is 421 g/mol. The van der Waals surface area contributed by atoms with Gasteiger partial charge < -0.3 is 5.32 Å². The molecule has 0 aliphatic heterocycles. The Morgan fingerprint density at radius 2 is 1.81 bits per heavy atom. The summed E-state index contributed by atoms with van der Waals surface area (Å²) in [6.07, 6.45) is -4.59. The second-order valence-electron chi connectivity index (χ2n) is 5.22. The summed E-state index contributed by atoms with van der Waals surface area (Å²) in [6, 6.07) is 1.79. The summed E-state index contributed by atoms with van der Waals surface area (Å²) >= 11 is 17.9. The molecule has 0 bridgehead atoms. The lowest BCUT2D eigenvalue weighted by Gasteiger charge is -2.21. The van der Waals surface area contributed by atoms with Gasteiger partial charge in [-0.2, -0.15) is 27.7 Å². The summed E-state index contributed by atoms with van der Waals surface area (Å²) < 4.78 is 54.4. The van der Waals surface area contributed by atoms with Crippen molar-refractivity contribution in [3.8, 4) is 11.1 Å². The van der Waals surface area contributed by atoms with Crippen molar-refractivity contribution in [1.29, 1.82) is 0 Å². The van der Waals surface area contributed by atoms with E-state index in [1.54, 1.807) is 0 Å². The summed E-state index contributed by atoms with van der Waals surface area (Å²) in [6.45, 7) is 0.880. The van der Waals surface area contributed by atoms with Gasteiger partial charge in [-0.15, -0.1) is 5.10 Å². The number of fused-ring (bicyclic) bond motifs is 1. The summed E-state index contributed by atoms with van der Waals surface area (Å²) in [7, 11) is 0. The molecule has 1 aromatic carbocycles. The normalized spacial score (nSPS) is 13.2. The highest BCUT2D eigenvalue weighted by atomic mass is 35.5. The van der Waals surface area contributed by atoms with Gasteiger partial charge >= 0.3 is 6.18 Å². The number of hydrogen-bond acceptors (Lipinski definition) is 4. The fourth-order valence-corrected chi connectivity index (χ4v) is 2.90. The molecule has 0 spiro atoms. The third-order valence-electron chi connectivity index (χ3n) is 3.47. The second-order valence-corrected chi connectivity index (χ2v) is 6.33. The van der Waals surface area contributed by atoms with E-state index in [2.05, 4.69) is 20.4 Å². The molecule has 26 heavy (non-hydrogen) atoms. The summed E-state index contributed by atoms with van der Waals surface area (Å²) in [5.41, 5.74) is -0.419. The minimum Gasteiger partial charge on any atom is -0.358 e. The van der Waals surface area contributed by atoms with Gasteiger partial charge in [0, 0.05) is 5.56 Å². The first kappa shape index (κ1) is 18.9. The molecule has 1 N–H and O–H groups in total.